The second-order valence-electron chi connectivity index (χ2n) is 7.47. The lowest BCUT2D eigenvalue weighted by Crippen LogP contribution is -2.52. The van der Waals surface area contributed by atoms with Crippen LogP contribution in [0.5, 0.6) is 0 Å². The molecular weight excluding hydrogens is 452 g/mol. The maximum absolute atomic E-state index is 12.6. The number of ether oxygens (including phenoxy) is 2. The number of amides is 2. The number of aliphatic hydroxyl groups is 1. The molecule has 10 nitrogen and oxygen atoms in total. The smallest absolute Gasteiger partial charge is 0.264 e. The van der Waals surface area contributed by atoms with Gasteiger partial charge in [-0.1, -0.05) is 36.4 Å². The van der Waals surface area contributed by atoms with Crippen LogP contribution in [0.3, 0.4) is 0 Å². The maximum Gasteiger partial charge on any atom is 0.264 e. The number of hydrogen-bond donors (Lipinski definition) is 3. The van der Waals surface area contributed by atoms with Crippen molar-refractivity contribution >= 4 is 21.9 Å². The molecule has 0 unspecified atom stereocenters. The summed E-state index contributed by atoms with van der Waals surface area (Å²) in [5.74, 6) is -0.914. The molecule has 3 N–H and O–H groups in total. The van der Waals surface area contributed by atoms with Crippen molar-refractivity contribution in [2.75, 3.05) is 19.9 Å². The maximum atomic E-state index is 12.6. The highest BCUT2D eigenvalue weighted by atomic mass is 32.2. The van der Waals surface area contributed by atoms with Gasteiger partial charge in [0.15, 0.2) is 6.29 Å². The summed E-state index contributed by atoms with van der Waals surface area (Å²) in [5, 5.41) is 15.7. The highest BCUT2D eigenvalue weighted by Gasteiger charge is 2.49. The zero-order chi connectivity index (χ0) is 24.0. The third-order valence-corrected chi connectivity index (χ3v) is 5.65. The van der Waals surface area contributed by atoms with Crippen LogP contribution in [-0.4, -0.2) is 75.9 Å². The van der Waals surface area contributed by atoms with Crippen molar-refractivity contribution in [1.82, 2.24) is 10.6 Å². The Morgan fingerprint density at radius 1 is 1.03 bits per heavy atom. The highest BCUT2D eigenvalue weighted by molar-refractivity contribution is 7.86. The van der Waals surface area contributed by atoms with Gasteiger partial charge in [0.05, 0.1) is 6.26 Å². The van der Waals surface area contributed by atoms with Crippen LogP contribution in [0.1, 0.15) is 20.7 Å². The molecule has 0 aromatic heterocycles. The van der Waals surface area contributed by atoms with E-state index in [1.165, 1.54) is 7.11 Å². The van der Waals surface area contributed by atoms with Crippen LogP contribution in [0.15, 0.2) is 60.7 Å². The molecule has 33 heavy (non-hydrogen) atoms. The van der Waals surface area contributed by atoms with E-state index in [0.717, 1.165) is 6.26 Å². The zero-order valence-electron chi connectivity index (χ0n) is 18.1. The first-order valence-corrected chi connectivity index (χ1v) is 11.9. The third kappa shape index (κ3) is 6.59. The fraction of sp³-hybridized carbons (Fsp3) is 0.364. The van der Waals surface area contributed by atoms with Gasteiger partial charge in [0.1, 0.15) is 24.4 Å². The molecule has 2 aromatic rings. The quantitative estimate of drug-likeness (QED) is 0.437. The van der Waals surface area contributed by atoms with Crippen molar-refractivity contribution in [3.8, 4) is 0 Å². The van der Waals surface area contributed by atoms with Gasteiger partial charge >= 0.3 is 0 Å². The average molecular weight is 479 g/mol. The van der Waals surface area contributed by atoms with Gasteiger partial charge in [0.25, 0.3) is 21.9 Å². The third-order valence-electron chi connectivity index (χ3n) is 5.05. The van der Waals surface area contributed by atoms with Gasteiger partial charge in [-0.2, -0.15) is 8.42 Å². The Labute approximate surface area is 192 Å². The van der Waals surface area contributed by atoms with E-state index in [4.69, 9.17) is 13.7 Å². The Morgan fingerprint density at radius 2 is 1.58 bits per heavy atom. The first-order chi connectivity index (χ1) is 15.7. The molecule has 1 heterocycles. The number of hydrogen-bond acceptors (Lipinski definition) is 8. The first-order valence-electron chi connectivity index (χ1n) is 10.1. The van der Waals surface area contributed by atoms with Crippen LogP contribution < -0.4 is 10.6 Å². The van der Waals surface area contributed by atoms with E-state index in [9.17, 15) is 23.1 Å². The van der Waals surface area contributed by atoms with Gasteiger partial charge in [0.2, 0.25) is 0 Å². The molecule has 0 saturated carbocycles. The topological polar surface area (TPSA) is 140 Å². The molecule has 11 heteroatoms. The number of carbonyl (C=O) groups excluding carboxylic acids is 2. The lowest BCUT2D eigenvalue weighted by Gasteiger charge is -2.27. The minimum atomic E-state index is -3.96. The lowest BCUT2D eigenvalue weighted by molar-refractivity contribution is -0.127. The van der Waals surface area contributed by atoms with Crippen molar-refractivity contribution in [2.45, 2.75) is 30.6 Å². The minimum Gasteiger partial charge on any atom is -0.376 e. The van der Waals surface area contributed by atoms with Crippen LogP contribution in [0.2, 0.25) is 0 Å². The summed E-state index contributed by atoms with van der Waals surface area (Å²) < 4.78 is 39.9. The molecule has 0 aliphatic carbocycles. The molecule has 1 fully saturated rings. The van der Waals surface area contributed by atoms with E-state index < -0.39 is 52.6 Å². The number of benzene rings is 2. The molecule has 178 valence electrons. The summed E-state index contributed by atoms with van der Waals surface area (Å²) >= 11 is 0. The van der Waals surface area contributed by atoms with Crippen molar-refractivity contribution in [3.63, 3.8) is 0 Å². The van der Waals surface area contributed by atoms with Crippen LogP contribution in [0.25, 0.3) is 0 Å². The van der Waals surface area contributed by atoms with Crippen LogP contribution in [0, 0.1) is 0 Å². The van der Waals surface area contributed by atoms with E-state index >= 15 is 0 Å². The predicted octanol–water partition coefficient (Wildman–Crippen LogP) is 0.292. The lowest BCUT2D eigenvalue weighted by atomic mass is 10.0. The van der Waals surface area contributed by atoms with E-state index in [2.05, 4.69) is 10.6 Å². The van der Waals surface area contributed by atoms with Crippen molar-refractivity contribution < 1.29 is 36.8 Å². The second-order valence-corrected chi connectivity index (χ2v) is 9.07. The van der Waals surface area contributed by atoms with Crippen LogP contribution in [0.4, 0.5) is 0 Å². The van der Waals surface area contributed by atoms with Crippen molar-refractivity contribution in [3.05, 3.63) is 71.8 Å². The molecule has 1 aliphatic heterocycles. The van der Waals surface area contributed by atoms with Gasteiger partial charge in [-0.15, -0.1) is 0 Å². The molecule has 2 amide bonds. The van der Waals surface area contributed by atoms with Crippen LogP contribution >= 0.6 is 0 Å². The number of carbonyl (C=O) groups is 2. The summed E-state index contributed by atoms with van der Waals surface area (Å²) in [5.41, 5.74) is 0.737. The predicted molar refractivity (Wildman–Crippen MR) is 118 cm³/mol. The van der Waals surface area contributed by atoms with E-state index in [1.54, 1.807) is 60.7 Å². The summed E-state index contributed by atoms with van der Waals surface area (Å²) in [6.07, 6.45) is -3.94. The summed E-state index contributed by atoms with van der Waals surface area (Å²) in [6, 6.07) is 15.7. The molecule has 1 saturated heterocycles. The average Bonchev–Trinajstić information content (AvgIpc) is 3.11. The molecule has 3 rings (SSSR count). The molecular formula is C22H26N2O8S. The largest absolute Gasteiger partial charge is 0.376 e. The molecule has 0 bridgehead atoms. The van der Waals surface area contributed by atoms with Gasteiger partial charge in [-0.3, -0.25) is 13.8 Å². The minimum absolute atomic E-state index is 0.253. The SMILES string of the molecule is CO[C@@H]1[C@H](NC(=O)c2ccccc2)[C@H](O)O[C@@H]1[C@H](CNC(=O)c1ccccc1)OS(C)(=O)=O. The van der Waals surface area contributed by atoms with Gasteiger partial charge < -0.3 is 25.2 Å². The number of methoxy groups -OCH3 is 1. The fourth-order valence-corrected chi connectivity index (χ4v) is 4.19. The Bertz CT molecular complexity index is 1050. The van der Waals surface area contributed by atoms with E-state index in [-0.39, 0.29) is 6.54 Å². The summed E-state index contributed by atoms with van der Waals surface area (Å²) in [6.45, 7) is -0.253. The zero-order valence-corrected chi connectivity index (χ0v) is 18.9. The molecule has 2 aromatic carbocycles. The number of nitrogens with one attached hydrogen (secondary N) is 2. The van der Waals surface area contributed by atoms with E-state index in [1.807, 2.05) is 0 Å². The first kappa shape index (κ1) is 24.8. The Morgan fingerprint density at radius 3 is 2.09 bits per heavy atom. The monoisotopic (exact) mass is 478 g/mol. The van der Waals surface area contributed by atoms with Crippen molar-refractivity contribution in [1.29, 1.82) is 0 Å². The van der Waals surface area contributed by atoms with E-state index in [0.29, 0.717) is 11.1 Å². The van der Waals surface area contributed by atoms with Crippen molar-refractivity contribution in [2.24, 2.45) is 0 Å². The fourth-order valence-electron chi connectivity index (χ4n) is 3.56. The number of aliphatic hydroxyl groups excluding tert-OH is 1. The molecule has 5 atom stereocenters. The molecule has 1 aliphatic rings. The molecule has 0 spiro atoms. The Balaban J connectivity index is 1.76. The van der Waals surface area contributed by atoms with Gasteiger partial charge in [-0.25, -0.2) is 0 Å². The highest BCUT2D eigenvalue weighted by Crippen LogP contribution is 2.27. The summed E-state index contributed by atoms with van der Waals surface area (Å²) in [7, 11) is -2.63. The Hall–Kier alpha value is -2.83. The number of rotatable bonds is 9. The van der Waals surface area contributed by atoms with Crippen LogP contribution in [-0.2, 0) is 23.8 Å². The second kappa shape index (κ2) is 10.9. The van der Waals surface area contributed by atoms with Gasteiger partial charge in [-0.05, 0) is 24.3 Å². The van der Waals surface area contributed by atoms with Gasteiger partial charge in [0, 0.05) is 24.8 Å². The standard InChI is InChI=1S/C22H26N2O8S/c1-30-19-17(24-21(26)15-11-7-4-8-12-15)22(27)31-18(19)16(32-33(2,28)29)13-23-20(25)14-9-5-3-6-10-14/h3-12,16-19,22,27H,13H2,1-2H3,(H,23,25)(H,24,26)/t16-,17-,18+,19+,22+/m0/s1. The molecule has 0 radical (unpaired) electrons. The Kier molecular flexibility index (Phi) is 8.16. The normalized spacial score (nSPS) is 23.6. The summed E-state index contributed by atoms with van der Waals surface area (Å²) in [4.78, 5) is 25.0.